The van der Waals surface area contributed by atoms with E-state index in [4.69, 9.17) is 4.74 Å². The first-order chi connectivity index (χ1) is 9.21. The molecule has 1 aromatic carbocycles. The van der Waals surface area contributed by atoms with Gasteiger partial charge in [-0.25, -0.2) is 8.42 Å². The minimum atomic E-state index is -3.48. The van der Waals surface area contributed by atoms with Crippen molar-refractivity contribution in [3.63, 3.8) is 0 Å². The van der Waals surface area contributed by atoms with Crippen molar-refractivity contribution in [3.8, 4) is 5.75 Å². The summed E-state index contributed by atoms with van der Waals surface area (Å²) in [7, 11) is -1.95. The van der Waals surface area contributed by atoms with Crippen LogP contribution in [0.25, 0.3) is 0 Å². The number of methoxy groups -OCH3 is 1. The molecule has 0 aliphatic carbocycles. The number of carbonyl (C=O) groups excluding carboxylic acids is 1. The molecule has 4 nitrogen and oxygen atoms in total. The Labute approximate surface area is 121 Å². The van der Waals surface area contributed by atoms with Gasteiger partial charge in [-0.15, -0.1) is 0 Å². The van der Waals surface area contributed by atoms with Crippen LogP contribution in [0.4, 0.5) is 0 Å². The summed E-state index contributed by atoms with van der Waals surface area (Å²) in [5.41, 5.74) is 0.387. The molecule has 0 heterocycles. The van der Waals surface area contributed by atoms with Gasteiger partial charge in [0.1, 0.15) is 11.0 Å². The molecule has 1 rings (SSSR count). The van der Waals surface area contributed by atoms with Gasteiger partial charge in [0.2, 0.25) is 0 Å². The van der Waals surface area contributed by atoms with E-state index in [1.807, 2.05) is 13.8 Å². The van der Waals surface area contributed by atoms with Gasteiger partial charge >= 0.3 is 0 Å². The molecule has 2 atom stereocenters. The van der Waals surface area contributed by atoms with Crippen LogP contribution in [0.5, 0.6) is 5.75 Å². The average molecular weight is 298 g/mol. The van der Waals surface area contributed by atoms with Crippen LogP contribution >= 0.6 is 0 Å². The maximum absolute atomic E-state index is 12.4. The fourth-order valence-electron chi connectivity index (χ4n) is 1.84. The van der Waals surface area contributed by atoms with E-state index < -0.39 is 20.3 Å². The smallest absolute Gasteiger partial charge is 0.180 e. The molecule has 5 heteroatoms. The maximum atomic E-state index is 12.4. The molecule has 0 spiro atoms. The third kappa shape index (κ3) is 3.39. The Kier molecular flexibility index (Phi) is 5.34. The normalized spacial score (nSPS) is 14.9. The van der Waals surface area contributed by atoms with E-state index in [0.29, 0.717) is 11.3 Å². The minimum Gasteiger partial charge on any atom is -0.497 e. The summed E-state index contributed by atoms with van der Waals surface area (Å²) in [6.07, 6.45) is 0. The molecule has 0 bridgehead atoms. The Morgan fingerprint density at radius 3 is 1.95 bits per heavy atom. The van der Waals surface area contributed by atoms with Crippen molar-refractivity contribution in [1.29, 1.82) is 0 Å². The number of hydrogen-bond donors (Lipinski definition) is 0. The van der Waals surface area contributed by atoms with Gasteiger partial charge in [-0.2, -0.15) is 0 Å². The summed E-state index contributed by atoms with van der Waals surface area (Å²) in [6, 6.07) is 6.48. The quantitative estimate of drug-likeness (QED) is 0.758. The summed E-state index contributed by atoms with van der Waals surface area (Å²) >= 11 is 0. The monoisotopic (exact) mass is 298 g/mol. The zero-order valence-corrected chi connectivity index (χ0v) is 13.4. The van der Waals surface area contributed by atoms with Crippen molar-refractivity contribution in [1.82, 2.24) is 0 Å². The zero-order valence-electron chi connectivity index (χ0n) is 12.6. The van der Waals surface area contributed by atoms with Gasteiger partial charge in [0, 0.05) is 5.56 Å². The second kappa shape index (κ2) is 6.39. The Morgan fingerprint density at radius 2 is 1.55 bits per heavy atom. The summed E-state index contributed by atoms with van der Waals surface area (Å²) < 4.78 is 29.7. The average Bonchev–Trinajstić information content (AvgIpc) is 2.44. The fraction of sp³-hybridized carbons (Fsp3) is 0.533. The third-order valence-corrected chi connectivity index (χ3v) is 6.47. The Morgan fingerprint density at radius 1 is 1.05 bits per heavy atom. The molecule has 2 unspecified atom stereocenters. The SMILES string of the molecule is COc1ccc(C(=O)C(C)S(=O)(=O)C(C)C(C)C)cc1. The van der Waals surface area contributed by atoms with Crippen LogP contribution < -0.4 is 4.74 Å². The second-order valence-corrected chi connectivity index (χ2v) is 7.90. The van der Waals surface area contributed by atoms with Gasteiger partial charge in [0.15, 0.2) is 15.6 Å². The van der Waals surface area contributed by atoms with E-state index in [-0.39, 0.29) is 11.7 Å². The van der Waals surface area contributed by atoms with Gasteiger partial charge in [-0.05, 0) is 44.0 Å². The van der Waals surface area contributed by atoms with Crippen molar-refractivity contribution >= 4 is 15.6 Å². The number of ketones is 1. The Balaban J connectivity index is 3.01. The number of ether oxygens (including phenoxy) is 1. The number of rotatable bonds is 6. The van der Waals surface area contributed by atoms with Crippen molar-refractivity contribution in [2.75, 3.05) is 7.11 Å². The lowest BCUT2D eigenvalue weighted by molar-refractivity contribution is 0.0991. The van der Waals surface area contributed by atoms with Crippen LogP contribution in [0.1, 0.15) is 38.1 Å². The lowest BCUT2D eigenvalue weighted by Gasteiger charge is -2.20. The van der Waals surface area contributed by atoms with Crippen molar-refractivity contribution in [2.24, 2.45) is 5.92 Å². The van der Waals surface area contributed by atoms with E-state index in [2.05, 4.69) is 0 Å². The number of carbonyl (C=O) groups is 1. The lowest BCUT2D eigenvalue weighted by Crippen LogP contribution is -2.36. The van der Waals surface area contributed by atoms with Crippen LogP contribution in [0.2, 0.25) is 0 Å². The van der Waals surface area contributed by atoms with Crippen molar-refractivity contribution in [2.45, 2.75) is 38.2 Å². The molecule has 20 heavy (non-hydrogen) atoms. The number of sulfone groups is 1. The van der Waals surface area contributed by atoms with Gasteiger partial charge in [-0.1, -0.05) is 13.8 Å². The zero-order chi connectivity index (χ0) is 15.5. The van der Waals surface area contributed by atoms with Crippen LogP contribution in [0, 0.1) is 5.92 Å². The summed E-state index contributed by atoms with van der Waals surface area (Å²) in [5.74, 6) is 0.235. The molecule has 0 aliphatic heterocycles. The lowest BCUT2D eigenvalue weighted by atomic mass is 10.1. The van der Waals surface area contributed by atoms with E-state index >= 15 is 0 Å². The fourth-order valence-corrected chi connectivity index (χ4v) is 3.68. The summed E-state index contributed by atoms with van der Waals surface area (Å²) in [5, 5.41) is -1.58. The van der Waals surface area contributed by atoms with E-state index in [9.17, 15) is 13.2 Å². The standard InChI is InChI=1S/C15H22O4S/c1-10(2)11(3)20(17,18)12(4)15(16)13-6-8-14(19-5)9-7-13/h6-12H,1-5H3. The molecule has 112 valence electrons. The third-order valence-electron chi connectivity index (χ3n) is 3.69. The first-order valence-electron chi connectivity index (χ1n) is 6.62. The van der Waals surface area contributed by atoms with E-state index in [1.54, 1.807) is 31.2 Å². The Hall–Kier alpha value is -1.36. The molecule has 0 fully saturated rings. The Bertz CT molecular complexity index is 558. The predicted octanol–water partition coefficient (Wildman–Crippen LogP) is 2.73. The highest BCUT2D eigenvalue weighted by Crippen LogP contribution is 2.21. The number of benzene rings is 1. The molecule has 0 N–H and O–H groups in total. The molecule has 0 aliphatic rings. The van der Waals surface area contributed by atoms with Gasteiger partial charge in [0.25, 0.3) is 0 Å². The van der Waals surface area contributed by atoms with E-state index in [0.717, 1.165) is 0 Å². The topological polar surface area (TPSA) is 60.4 Å². The van der Waals surface area contributed by atoms with Gasteiger partial charge in [0.05, 0.1) is 12.4 Å². The first-order valence-corrected chi connectivity index (χ1v) is 8.23. The van der Waals surface area contributed by atoms with Crippen LogP contribution in [-0.4, -0.2) is 31.8 Å². The van der Waals surface area contributed by atoms with Gasteiger partial charge < -0.3 is 4.74 Å². The highest BCUT2D eigenvalue weighted by atomic mass is 32.2. The summed E-state index contributed by atoms with van der Waals surface area (Å²) in [6.45, 7) is 6.79. The van der Waals surface area contributed by atoms with E-state index in [1.165, 1.54) is 14.0 Å². The molecule has 0 aromatic heterocycles. The van der Waals surface area contributed by atoms with Crippen LogP contribution in [0.3, 0.4) is 0 Å². The summed E-state index contributed by atoms with van der Waals surface area (Å²) in [4.78, 5) is 12.3. The largest absolute Gasteiger partial charge is 0.497 e. The van der Waals surface area contributed by atoms with Gasteiger partial charge in [-0.3, -0.25) is 4.79 Å². The number of Topliss-reactive ketones (excluding diaryl/α,β-unsaturated/α-hetero) is 1. The highest BCUT2D eigenvalue weighted by molar-refractivity contribution is 7.93. The molecular weight excluding hydrogens is 276 g/mol. The van der Waals surface area contributed by atoms with Crippen molar-refractivity contribution in [3.05, 3.63) is 29.8 Å². The molecule has 0 saturated carbocycles. The van der Waals surface area contributed by atoms with Crippen LogP contribution in [-0.2, 0) is 9.84 Å². The minimum absolute atomic E-state index is 0.0221. The first kappa shape index (κ1) is 16.7. The molecule has 0 saturated heterocycles. The number of hydrogen-bond acceptors (Lipinski definition) is 4. The molecule has 0 amide bonds. The van der Waals surface area contributed by atoms with Crippen LogP contribution in [0.15, 0.2) is 24.3 Å². The predicted molar refractivity (Wildman–Crippen MR) is 80.0 cm³/mol. The second-order valence-electron chi connectivity index (χ2n) is 5.27. The van der Waals surface area contributed by atoms with Crippen molar-refractivity contribution < 1.29 is 17.9 Å². The maximum Gasteiger partial charge on any atom is 0.180 e. The molecule has 1 aromatic rings. The highest BCUT2D eigenvalue weighted by Gasteiger charge is 2.34. The molecule has 0 radical (unpaired) electrons. The molecular formula is C15H22O4S.